The quantitative estimate of drug-likeness (QED) is 0.616. The van der Waals surface area contributed by atoms with Crippen LogP contribution in [0.3, 0.4) is 0 Å². The predicted molar refractivity (Wildman–Crippen MR) is 78.8 cm³/mol. The number of nitrogens with one attached hydrogen (secondary N) is 1. The van der Waals surface area contributed by atoms with E-state index in [0.29, 0.717) is 12.1 Å². The van der Waals surface area contributed by atoms with Crippen LogP contribution in [0.1, 0.15) is 30.6 Å². The molecule has 4 N–H and O–H groups in total. The number of amides is 2. The molecule has 0 unspecified atom stereocenters. The molecule has 138 valence electrons. The summed E-state index contributed by atoms with van der Waals surface area (Å²) in [6.45, 7) is 1.61. The van der Waals surface area contributed by atoms with Crippen molar-refractivity contribution >= 4 is 17.8 Å². The molecule has 0 spiro atoms. The highest BCUT2D eigenvalue weighted by molar-refractivity contribution is 5.91. The van der Waals surface area contributed by atoms with E-state index in [1.54, 1.807) is 6.92 Å². The van der Waals surface area contributed by atoms with Crippen molar-refractivity contribution < 1.29 is 37.4 Å². The highest BCUT2D eigenvalue weighted by Gasteiger charge is 2.31. The minimum Gasteiger partial charge on any atom is -0.466 e. The number of ether oxygens (including phenoxy) is 1. The van der Waals surface area contributed by atoms with Crippen molar-refractivity contribution in [2.24, 2.45) is 5.73 Å². The van der Waals surface area contributed by atoms with E-state index in [9.17, 15) is 32.7 Å². The Morgan fingerprint density at radius 3 is 2.24 bits per heavy atom. The molecule has 0 fully saturated rings. The molecule has 2 amide bonds. The Morgan fingerprint density at radius 2 is 1.80 bits per heavy atom. The standard InChI is InChI=1S/C15H17F3N2O5/c1-2-25-11(21)7-10(13(19)23)20-14(24)12(22)8-3-5-9(6-4-8)15(16,17)18/h3-6,10,12,22H,2,7H2,1H3,(H2,19,23)(H,20,24)/t10-,12+/m1/s1. The second-order valence-corrected chi connectivity index (χ2v) is 4.99. The fraction of sp³-hybridized carbons (Fsp3) is 0.400. The maximum absolute atomic E-state index is 12.5. The molecule has 7 nitrogen and oxygen atoms in total. The van der Waals surface area contributed by atoms with E-state index in [0.717, 1.165) is 12.1 Å². The van der Waals surface area contributed by atoms with Crippen LogP contribution in [0.2, 0.25) is 0 Å². The molecule has 25 heavy (non-hydrogen) atoms. The molecule has 0 aliphatic carbocycles. The van der Waals surface area contributed by atoms with Crippen LogP contribution in [0.15, 0.2) is 24.3 Å². The normalized spacial score (nSPS) is 13.6. The number of hydrogen-bond acceptors (Lipinski definition) is 5. The lowest BCUT2D eigenvalue weighted by molar-refractivity contribution is -0.145. The summed E-state index contributed by atoms with van der Waals surface area (Å²) in [7, 11) is 0. The van der Waals surface area contributed by atoms with Crippen LogP contribution in [-0.4, -0.2) is 35.5 Å². The van der Waals surface area contributed by atoms with Crippen molar-refractivity contribution in [1.29, 1.82) is 0 Å². The number of halogens is 3. The first-order chi connectivity index (χ1) is 11.6. The van der Waals surface area contributed by atoms with Gasteiger partial charge in [0.2, 0.25) is 5.91 Å². The van der Waals surface area contributed by atoms with Gasteiger partial charge in [0.1, 0.15) is 6.04 Å². The summed E-state index contributed by atoms with van der Waals surface area (Å²) in [6, 6.07) is 1.84. The van der Waals surface area contributed by atoms with Crippen LogP contribution in [0.5, 0.6) is 0 Å². The first-order valence-corrected chi connectivity index (χ1v) is 7.16. The highest BCUT2D eigenvalue weighted by atomic mass is 19.4. The summed E-state index contributed by atoms with van der Waals surface area (Å²) in [5.74, 6) is -2.90. The second kappa shape index (κ2) is 8.47. The minimum absolute atomic E-state index is 0.0619. The maximum atomic E-state index is 12.5. The zero-order chi connectivity index (χ0) is 19.2. The molecule has 0 bridgehead atoms. The fourth-order valence-corrected chi connectivity index (χ4v) is 1.87. The van der Waals surface area contributed by atoms with Crippen LogP contribution in [0.25, 0.3) is 0 Å². The lowest BCUT2D eigenvalue weighted by atomic mass is 10.1. The van der Waals surface area contributed by atoms with Crippen molar-refractivity contribution in [3.05, 3.63) is 35.4 Å². The Bertz CT molecular complexity index is 631. The van der Waals surface area contributed by atoms with Crippen LogP contribution in [0.4, 0.5) is 13.2 Å². The van der Waals surface area contributed by atoms with E-state index in [-0.39, 0.29) is 12.2 Å². The van der Waals surface area contributed by atoms with Gasteiger partial charge in [0.25, 0.3) is 5.91 Å². The lowest BCUT2D eigenvalue weighted by Crippen LogP contribution is -2.47. The smallest absolute Gasteiger partial charge is 0.416 e. The lowest BCUT2D eigenvalue weighted by Gasteiger charge is -2.18. The SMILES string of the molecule is CCOC(=O)C[C@@H](NC(=O)[C@@H](O)c1ccc(C(F)(F)F)cc1)C(N)=O. The number of rotatable bonds is 7. The van der Waals surface area contributed by atoms with E-state index in [1.165, 1.54) is 0 Å². The first-order valence-electron chi connectivity index (χ1n) is 7.16. The molecule has 1 aromatic rings. The van der Waals surface area contributed by atoms with Gasteiger partial charge in [-0.15, -0.1) is 0 Å². The van der Waals surface area contributed by atoms with E-state index >= 15 is 0 Å². The maximum Gasteiger partial charge on any atom is 0.416 e. The Balaban J connectivity index is 2.80. The van der Waals surface area contributed by atoms with Gasteiger partial charge in [-0.3, -0.25) is 14.4 Å². The van der Waals surface area contributed by atoms with Gasteiger partial charge in [-0.25, -0.2) is 0 Å². The average Bonchev–Trinajstić information content (AvgIpc) is 2.52. The number of carbonyl (C=O) groups is 3. The molecule has 0 aromatic heterocycles. The summed E-state index contributed by atoms with van der Waals surface area (Å²) >= 11 is 0. The number of carbonyl (C=O) groups excluding carboxylic acids is 3. The number of nitrogens with two attached hydrogens (primary N) is 1. The zero-order valence-electron chi connectivity index (χ0n) is 13.2. The topological polar surface area (TPSA) is 119 Å². The van der Waals surface area contributed by atoms with E-state index in [2.05, 4.69) is 10.1 Å². The number of esters is 1. The molecule has 1 rings (SSSR count). The molecule has 0 aliphatic rings. The van der Waals surface area contributed by atoms with Gasteiger partial charge in [-0.05, 0) is 24.6 Å². The van der Waals surface area contributed by atoms with Gasteiger partial charge >= 0.3 is 12.1 Å². The van der Waals surface area contributed by atoms with E-state index in [1.807, 2.05) is 0 Å². The summed E-state index contributed by atoms with van der Waals surface area (Å²) in [5, 5.41) is 12.0. The monoisotopic (exact) mass is 362 g/mol. The van der Waals surface area contributed by atoms with E-state index < -0.39 is 48.1 Å². The molecular formula is C15H17F3N2O5. The third-order valence-electron chi connectivity index (χ3n) is 3.14. The largest absolute Gasteiger partial charge is 0.466 e. The molecule has 0 saturated heterocycles. The average molecular weight is 362 g/mol. The van der Waals surface area contributed by atoms with Gasteiger partial charge in [0.05, 0.1) is 18.6 Å². The fourth-order valence-electron chi connectivity index (χ4n) is 1.87. The molecular weight excluding hydrogens is 345 g/mol. The second-order valence-electron chi connectivity index (χ2n) is 4.99. The minimum atomic E-state index is -4.55. The number of alkyl halides is 3. The van der Waals surface area contributed by atoms with Gasteiger partial charge < -0.3 is 20.9 Å². The van der Waals surface area contributed by atoms with Crippen molar-refractivity contribution in [2.75, 3.05) is 6.61 Å². The molecule has 0 heterocycles. The molecule has 0 saturated carbocycles. The molecule has 2 atom stereocenters. The van der Waals surface area contributed by atoms with Crippen molar-refractivity contribution in [3.8, 4) is 0 Å². The number of hydrogen-bond donors (Lipinski definition) is 3. The van der Waals surface area contributed by atoms with Crippen LogP contribution in [-0.2, 0) is 25.3 Å². The molecule has 0 aliphatic heterocycles. The number of primary amides is 1. The Hall–Kier alpha value is -2.62. The Labute approximate surface area is 140 Å². The summed E-state index contributed by atoms with van der Waals surface area (Å²) in [5.41, 5.74) is 4.00. The third kappa shape index (κ3) is 6.07. The third-order valence-corrected chi connectivity index (χ3v) is 3.14. The van der Waals surface area contributed by atoms with Crippen LogP contribution >= 0.6 is 0 Å². The molecule has 0 radical (unpaired) electrons. The van der Waals surface area contributed by atoms with Gasteiger partial charge in [0, 0.05) is 0 Å². The number of aliphatic hydroxyl groups excluding tert-OH is 1. The van der Waals surface area contributed by atoms with Crippen molar-refractivity contribution in [3.63, 3.8) is 0 Å². The van der Waals surface area contributed by atoms with Crippen LogP contribution in [0, 0.1) is 0 Å². The number of benzene rings is 1. The van der Waals surface area contributed by atoms with Gasteiger partial charge in [-0.1, -0.05) is 12.1 Å². The summed E-state index contributed by atoms with van der Waals surface area (Å²) < 4.78 is 42.1. The first kappa shape index (κ1) is 20.4. The molecule has 1 aromatic carbocycles. The predicted octanol–water partition coefficient (Wildman–Crippen LogP) is 0.662. The van der Waals surface area contributed by atoms with E-state index in [4.69, 9.17) is 5.73 Å². The Morgan fingerprint density at radius 1 is 1.24 bits per heavy atom. The molecule has 10 heteroatoms. The zero-order valence-corrected chi connectivity index (χ0v) is 13.2. The summed E-state index contributed by atoms with van der Waals surface area (Å²) in [6.07, 6.45) is -6.93. The van der Waals surface area contributed by atoms with Crippen LogP contribution < -0.4 is 11.1 Å². The van der Waals surface area contributed by atoms with Crippen molar-refractivity contribution in [2.45, 2.75) is 31.7 Å². The van der Waals surface area contributed by atoms with Gasteiger partial charge in [-0.2, -0.15) is 13.2 Å². The number of aliphatic hydroxyl groups is 1. The Kier molecular flexibility index (Phi) is 6.92. The van der Waals surface area contributed by atoms with Crippen molar-refractivity contribution in [1.82, 2.24) is 5.32 Å². The summed E-state index contributed by atoms with van der Waals surface area (Å²) in [4.78, 5) is 34.6. The highest BCUT2D eigenvalue weighted by Crippen LogP contribution is 2.29. The van der Waals surface area contributed by atoms with Gasteiger partial charge in [0.15, 0.2) is 6.10 Å².